The first-order valence-electron chi connectivity index (χ1n) is 12.3. The summed E-state index contributed by atoms with van der Waals surface area (Å²) in [5, 5.41) is 18.7. The highest BCUT2D eigenvalue weighted by Crippen LogP contribution is 2.61. The Kier molecular flexibility index (Phi) is 6.43. The molecule has 2 aliphatic rings. The van der Waals surface area contributed by atoms with E-state index >= 15 is 0 Å². The average molecular weight is 492 g/mol. The third-order valence-corrected chi connectivity index (χ3v) is 7.29. The normalized spacial score (nSPS) is 20.4. The number of benzene rings is 2. The smallest absolute Gasteiger partial charge is 0.307 e. The lowest BCUT2D eigenvalue weighted by Gasteiger charge is -2.16. The minimum absolute atomic E-state index is 0.0364. The number of nitrogens with zero attached hydrogens (tertiary/aromatic N) is 1. The first kappa shape index (κ1) is 24.3. The first-order valence-corrected chi connectivity index (χ1v) is 12.3. The maximum absolute atomic E-state index is 14.7. The van der Waals surface area contributed by atoms with Crippen LogP contribution < -0.4 is 9.47 Å². The van der Waals surface area contributed by atoms with Crippen molar-refractivity contribution in [3.8, 4) is 22.8 Å². The van der Waals surface area contributed by atoms with E-state index in [1.54, 1.807) is 25.3 Å². The number of halogens is 1. The lowest BCUT2D eigenvalue weighted by molar-refractivity contribution is -0.139. The van der Waals surface area contributed by atoms with Gasteiger partial charge in [-0.05, 0) is 90.8 Å². The predicted molar refractivity (Wildman–Crippen MR) is 133 cm³/mol. The van der Waals surface area contributed by atoms with Crippen LogP contribution in [0.5, 0.6) is 11.6 Å². The molecule has 188 valence electrons. The van der Waals surface area contributed by atoms with E-state index in [1.807, 2.05) is 32.0 Å². The second-order valence-electron chi connectivity index (χ2n) is 9.99. The molecule has 4 atom stereocenters. The molecule has 6 nitrogen and oxygen atoms in total. The fourth-order valence-electron chi connectivity index (χ4n) is 5.49. The van der Waals surface area contributed by atoms with Gasteiger partial charge in [-0.1, -0.05) is 6.07 Å². The van der Waals surface area contributed by atoms with E-state index in [1.165, 1.54) is 6.07 Å². The van der Waals surface area contributed by atoms with Crippen molar-refractivity contribution >= 4 is 5.97 Å². The molecule has 1 heterocycles. The fraction of sp³-hybridized carbons (Fsp3) is 0.379. The highest BCUT2D eigenvalue weighted by Gasteiger charge is 2.59. The van der Waals surface area contributed by atoms with Crippen LogP contribution >= 0.6 is 0 Å². The minimum atomic E-state index is -0.740. The molecule has 0 aliphatic heterocycles. The number of aliphatic hydroxyl groups excluding tert-OH is 1. The fourth-order valence-corrected chi connectivity index (χ4v) is 5.49. The Morgan fingerprint density at radius 2 is 1.92 bits per heavy atom. The predicted octanol–water partition coefficient (Wildman–Crippen LogP) is 5.20. The van der Waals surface area contributed by atoms with Gasteiger partial charge < -0.3 is 19.7 Å². The van der Waals surface area contributed by atoms with Crippen molar-refractivity contribution in [3.05, 3.63) is 76.2 Å². The number of hydrogen-bond acceptors (Lipinski definition) is 5. The van der Waals surface area contributed by atoms with Crippen molar-refractivity contribution in [3.63, 3.8) is 0 Å². The van der Waals surface area contributed by atoms with Crippen molar-refractivity contribution in [2.75, 3.05) is 6.61 Å². The quantitative estimate of drug-likeness (QED) is 0.428. The Morgan fingerprint density at radius 1 is 1.17 bits per heavy atom. The summed E-state index contributed by atoms with van der Waals surface area (Å²) in [6, 6.07) is 10.8. The van der Waals surface area contributed by atoms with Crippen molar-refractivity contribution in [1.29, 1.82) is 0 Å². The van der Waals surface area contributed by atoms with Crippen LogP contribution in [0.15, 0.2) is 42.6 Å². The molecule has 2 aliphatic carbocycles. The van der Waals surface area contributed by atoms with Gasteiger partial charge in [0.1, 0.15) is 18.2 Å². The summed E-state index contributed by atoms with van der Waals surface area (Å²) >= 11 is 0. The number of rotatable bonds is 9. The number of carboxylic acids is 1. The zero-order valence-electron chi connectivity index (χ0n) is 20.6. The summed E-state index contributed by atoms with van der Waals surface area (Å²) < 4.78 is 26.3. The van der Waals surface area contributed by atoms with Crippen molar-refractivity contribution in [2.24, 2.45) is 11.8 Å². The SMILES string of the molecule is Cc1cc(OCCC(C)O)cc(C)c1-c1ccc(F)c(COc2cc3c(cn2)[C@@H]2C(C(=O)O)[C@@H]2C3)c1. The number of hydrogen-bond donors (Lipinski definition) is 2. The van der Waals surface area contributed by atoms with Gasteiger partial charge in [0, 0.05) is 30.2 Å². The Labute approximate surface area is 209 Å². The van der Waals surface area contributed by atoms with Crippen LogP contribution in [0.25, 0.3) is 11.1 Å². The summed E-state index contributed by atoms with van der Waals surface area (Å²) in [6.07, 6.45) is 2.58. The molecular formula is C29H30FNO5. The molecule has 0 bridgehead atoms. The third kappa shape index (κ3) is 4.67. The summed E-state index contributed by atoms with van der Waals surface area (Å²) in [6.45, 7) is 6.20. The van der Waals surface area contributed by atoms with E-state index in [4.69, 9.17) is 9.47 Å². The van der Waals surface area contributed by atoms with Crippen molar-refractivity contribution in [2.45, 2.75) is 52.2 Å². The van der Waals surface area contributed by atoms with Gasteiger partial charge in [-0.2, -0.15) is 0 Å². The number of aliphatic hydroxyl groups is 1. The lowest BCUT2D eigenvalue weighted by Crippen LogP contribution is -2.07. The number of aryl methyl sites for hydroxylation is 2. The van der Waals surface area contributed by atoms with Gasteiger partial charge in [-0.25, -0.2) is 9.37 Å². The number of ether oxygens (including phenoxy) is 2. The number of fused-ring (bicyclic) bond motifs is 3. The molecule has 5 rings (SSSR count). The van der Waals surface area contributed by atoms with Crippen LogP contribution in [0.1, 0.15) is 47.1 Å². The average Bonchev–Trinajstić information content (AvgIpc) is 3.41. The van der Waals surface area contributed by atoms with E-state index in [9.17, 15) is 19.4 Å². The molecule has 3 aromatic rings. The zero-order chi connectivity index (χ0) is 25.6. The van der Waals surface area contributed by atoms with Gasteiger partial charge in [0.25, 0.3) is 0 Å². The van der Waals surface area contributed by atoms with E-state index < -0.39 is 12.1 Å². The molecule has 2 N–H and O–H groups in total. The number of pyridine rings is 1. The highest BCUT2D eigenvalue weighted by molar-refractivity contribution is 5.77. The van der Waals surface area contributed by atoms with Gasteiger partial charge in [-0.3, -0.25) is 4.79 Å². The van der Waals surface area contributed by atoms with Crippen LogP contribution in [0.4, 0.5) is 4.39 Å². The number of aromatic nitrogens is 1. The van der Waals surface area contributed by atoms with Gasteiger partial charge in [-0.15, -0.1) is 0 Å². The molecule has 36 heavy (non-hydrogen) atoms. The van der Waals surface area contributed by atoms with E-state index in [0.717, 1.165) is 45.6 Å². The summed E-state index contributed by atoms with van der Waals surface area (Å²) in [5.74, 6) is 0.00143. The molecule has 1 saturated carbocycles. The maximum Gasteiger partial charge on any atom is 0.307 e. The number of aliphatic carboxylic acids is 1. The van der Waals surface area contributed by atoms with Gasteiger partial charge in [0.2, 0.25) is 5.88 Å². The van der Waals surface area contributed by atoms with E-state index in [0.29, 0.717) is 24.5 Å². The molecule has 0 spiro atoms. The topological polar surface area (TPSA) is 88.9 Å². The lowest BCUT2D eigenvalue weighted by atomic mass is 9.94. The summed E-state index contributed by atoms with van der Waals surface area (Å²) in [7, 11) is 0. The second-order valence-corrected chi connectivity index (χ2v) is 9.99. The standard InChI is InChI=1S/C29H30FNO5/c1-15-8-21(35-7-6-17(3)32)9-16(2)26(15)18-4-5-24(30)20(10-18)14-36-25-12-19-11-22-27(23(19)13-31-25)28(22)29(33)34/h4-5,8-10,12-13,17,22,27-28,32H,6-7,11,14H2,1-3H3,(H,33,34)/t17?,22-,27-,28?/m1/s1. The summed E-state index contributed by atoms with van der Waals surface area (Å²) in [4.78, 5) is 15.7. The molecule has 0 radical (unpaired) electrons. The Morgan fingerprint density at radius 3 is 2.61 bits per heavy atom. The number of carboxylic acid groups (broad SMARTS) is 1. The van der Waals surface area contributed by atoms with Crippen LogP contribution in [0.2, 0.25) is 0 Å². The number of carbonyl (C=O) groups is 1. The highest BCUT2D eigenvalue weighted by atomic mass is 19.1. The third-order valence-electron chi connectivity index (χ3n) is 7.29. The maximum atomic E-state index is 14.7. The van der Waals surface area contributed by atoms with E-state index in [-0.39, 0.29) is 30.2 Å². The second kappa shape index (κ2) is 9.54. The first-order chi connectivity index (χ1) is 17.2. The molecule has 7 heteroatoms. The summed E-state index contributed by atoms with van der Waals surface area (Å²) in [5.41, 5.74) is 6.43. The largest absolute Gasteiger partial charge is 0.493 e. The molecular weight excluding hydrogens is 461 g/mol. The molecule has 0 amide bonds. The van der Waals surface area contributed by atoms with Crippen LogP contribution in [0, 0.1) is 31.5 Å². The van der Waals surface area contributed by atoms with Crippen molar-refractivity contribution < 1.29 is 28.9 Å². The van der Waals surface area contributed by atoms with E-state index in [2.05, 4.69) is 4.98 Å². The molecule has 0 saturated heterocycles. The van der Waals surface area contributed by atoms with Crippen LogP contribution in [0.3, 0.4) is 0 Å². The monoisotopic (exact) mass is 491 g/mol. The van der Waals surface area contributed by atoms with Crippen LogP contribution in [-0.4, -0.2) is 33.9 Å². The Balaban J connectivity index is 1.29. The van der Waals surface area contributed by atoms with Crippen molar-refractivity contribution in [1.82, 2.24) is 4.98 Å². The Hall–Kier alpha value is -3.45. The zero-order valence-corrected chi connectivity index (χ0v) is 20.6. The van der Waals surface area contributed by atoms with Crippen LogP contribution in [-0.2, 0) is 17.8 Å². The molecule has 1 fully saturated rings. The van der Waals surface area contributed by atoms with Gasteiger partial charge >= 0.3 is 5.97 Å². The molecule has 2 aromatic carbocycles. The molecule has 1 aromatic heterocycles. The minimum Gasteiger partial charge on any atom is -0.493 e. The Bertz CT molecular complexity index is 1300. The molecule has 2 unspecified atom stereocenters. The van der Waals surface area contributed by atoms with Gasteiger partial charge in [0.05, 0.1) is 18.6 Å². The van der Waals surface area contributed by atoms with Gasteiger partial charge in [0.15, 0.2) is 0 Å².